The van der Waals surface area contributed by atoms with Gasteiger partial charge in [-0.25, -0.2) is 4.68 Å². The minimum absolute atomic E-state index is 0.116. The number of benzene rings is 1. The number of rotatable bonds is 5. The lowest BCUT2D eigenvalue weighted by atomic mass is 9.58. The number of aromatic nitrogens is 2. The van der Waals surface area contributed by atoms with Crippen LogP contribution in [-0.2, 0) is 23.1 Å². The first-order valence-corrected chi connectivity index (χ1v) is 12.7. The van der Waals surface area contributed by atoms with Crippen LogP contribution in [0.2, 0.25) is 5.02 Å². The first-order chi connectivity index (χ1) is 15.1. The number of nitrogens with two attached hydrogens (primary N) is 1. The van der Waals surface area contributed by atoms with Crippen LogP contribution in [-0.4, -0.2) is 15.7 Å². The fourth-order valence-corrected chi connectivity index (χ4v) is 7.05. The van der Waals surface area contributed by atoms with Crippen molar-refractivity contribution in [3.05, 3.63) is 46.2 Å². The monoisotopic (exact) mass is 439 g/mol. The number of fused-ring (bicyclic) bond motifs is 1. The molecule has 31 heavy (non-hydrogen) atoms. The van der Waals surface area contributed by atoms with E-state index in [0.717, 1.165) is 56.3 Å². The van der Waals surface area contributed by atoms with Crippen LogP contribution in [0.1, 0.15) is 87.6 Å². The van der Waals surface area contributed by atoms with E-state index in [4.69, 9.17) is 22.4 Å². The van der Waals surface area contributed by atoms with Gasteiger partial charge in [0.1, 0.15) is 0 Å². The topological polar surface area (TPSA) is 60.9 Å². The molecule has 0 saturated heterocycles. The van der Waals surface area contributed by atoms with Crippen molar-refractivity contribution in [3.63, 3.8) is 0 Å². The molecule has 4 nitrogen and oxygen atoms in total. The highest BCUT2D eigenvalue weighted by atomic mass is 35.5. The third-order valence-electron chi connectivity index (χ3n) is 8.28. The SMILES string of the molecule is NC(=O)C(c1c2c(nn1-c1ccc(Cl)cc1)CCCC2)(C1CCCCC1)C1CCCC1. The number of primary amides is 1. The minimum atomic E-state index is -0.617. The third-order valence-corrected chi connectivity index (χ3v) is 8.53. The fraction of sp³-hybridized carbons (Fsp3) is 0.615. The van der Waals surface area contributed by atoms with E-state index >= 15 is 0 Å². The second-order valence-corrected chi connectivity index (χ2v) is 10.4. The maximum Gasteiger partial charge on any atom is 0.230 e. The molecule has 2 fully saturated rings. The van der Waals surface area contributed by atoms with Crippen molar-refractivity contribution in [1.29, 1.82) is 0 Å². The molecule has 3 aliphatic carbocycles. The number of aryl methyl sites for hydroxylation is 1. The van der Waals surface area contributed by atoms with Gasteiger partial charge in [0.15, 0.2) is 0 Å². The number of halogens is 1. The van der Waals surface area contributed by atoms with Crippen molar-refractivity contribution in [1.82, 2.24) is 9.78 Å². The molecule has 2 N–H and O–H groups in total. The van der Waals surface area contributed by atoms with Gasteiger partial charge in [0.25, 0.3) is 0 Å². The Hall–Kier alpha value is -1.81. The lowest BCUT2D eigenvalue weighted by Crippen LogP contribution is -2.54. The van der Waals surface area contributed by atoms with Crippen molar-refractivity contribution in [2.24, 2.45) is 17.6 Å². The Morgan fingerprint density at radius 2 is 1.48 bits per heavy atom. The summed E-state index contributed by atoms with van der Waals surface area (Å²) in [5, 5.41) is 5.85. The lowest BCUT2D eigenvalue weighted by molar-refractivity contribution is -0.129. The Morgan fingerprint density at radius 3 is 2.10 bits per heavy atom. The van der Waals surface area contributed by atoms with Gasteiger partial charge in [0, 0.05) is 5.02 Å². The first kappa shape index (κ1) is 21.1. The van der Waals surface area contributed by atoms with Gasteiger partial charge in [0.05, 0.1) is 22.5 Å². The van der Waals surface area contributed by atoms with Gasteiger partial charge in [0.2, 0.25) is 5.91 Å². The Balaban J connectivity index is 1.78. The summed E-state index contributed by atoms with van der Waals surface area (Å²) in [5.74, 6) is 0.521. The van der Waals surface area contributed by atoms with Crippen molar-refractivity contribution in [2.45, 2.75) is 88.9 Å². The average molecular weight is 440 g/mol. The van der Waals surface area contributed by atoms with E-state index in [0.29, 0.717) is 16.9 Å². The zero-order chi connectivity index (χ0) is 21.4. The molecule has 1 unspecified atom stereocenters. The van der Waals surface area contributed by atoms with Gasteiger partial charge in [-0.3, -0.25) is 4.79 Å². The minimum Gasteiger partial charge on any atom is -0.369 e. The van der Waals surface area contributed by atoms with Crippen LogP contribution >= 0.6 is 11.6 Å². The predicted octanol–water partition coefficient (Wildman–Crippen LogP) is 5.90. The molecule has 0 radical (unpaired) electrons. The van der Waals surface area contributed by atoms with E-state index < -0.39 is 5.41 Å². The van der Waals surface area contributed by atoms with Crippen molar-refractivity contribution >= 4 is 17.5 Å². The number of hydrogen-bond acceptors (Lipinski definition) is 2. The van der Waals surface area contributed by atoms with Gasteiger partial charge >= 0.3 is 0 Å². The highest BCUT2D eigenvalue weighted by Gasteiger charge is 2.55. The fourth-order valence-electron chi connectivity index (χ4n) is 6.93. The molecule has 1 heterocycles. The summed E-state index contributed by atoms with van der Waals surface area (Å²) in [6.45, 7) is 0. The summed E-state index contributed by atoms with van der Waals surface area (Å²) in [4.78, 5) is 13.7. The normalized spacial score (nSPS) is 22.2. The quantitative estimate of drug-likeness (QED) is 0.630. The number of carbonyl (C=O) groups is 1. The predicted molar refractivity (Wildman–Crippen MR) is 125 cm³/mol. The van der Waals surface area contributed by atoms with E-state index in [1.54, 1.807) is 0 Å². The van der Waals surface area contributed by atoms with Crippen LogP contribution in [0, 0.1) is 11.8 Å². The Labute approximate surface area is 190 Å². The number of carbonyl (C=O) groups excluding carboxylic acids is 1. The molecular formula is C26H34ClN3O. The van der Waals surface area contributed by atoms with Crippen LogP contribution in [0.15, 0.2) is 24.3 Å². The molecule has 0 spiro atoms. The largest absolute Gasteiger partial charge is 0.369 e. The summed E-state index contributed by atoms with van der Waals surface area (Å²) in [5.41, 5.74) is 10.5. The Bertz CT molecular complexity index is 938. The van der Waals surface area contributed by atoms with Crippen LogP contribution in [0.25, 0.3) is 5.69 Å². The molecular weight excluding hydrogens is 406 g/mol. The van der Waals surface area contributed by atoms with E-state index in [2.05, 4.69) is 4.68 Å². The van der Waals surface area contributed by atoms with E-state index in [1.165, 1.54) is 49.8 Å². The van der Waals surface area contributed by atoms with Gasteiger partial charge in [-0.2, -0.15) is 5.10 Å². The maximum atomic E-state index is 13.7. The van der Waals surface area contributed by atoms with Gasteiger partial charge < -0.3 is 5.73 Å². The molecule has 166 valence electrons. The van der Waals surface area contributed by atoms with E-state index in [-0.39, 0.29) is 5.91 Å². The Morgan fingerprint density at radius 1 is 0.903 bits per heavy atom. The lowest BCUT2D eigenvalue weighted by Gasteiger charge is -2.45. The van der Waals surface area contributed by atoms with Crippen molar-refractivity contribution < 1.29 is 4.79 Å². The molecule has 3 aliphatic rings. The van der Waals surface area contributed by atoms with Gasteiger partial charge in [-0.1, -0.05) is 43.7 Å². The molecule has 5 rings (SSSR count). The van der Waals surface area contributed by atoms with Crippen molar-refractivity contribution in [2.75, 3.05) is 0 Å². The third kappa shape index (κ3) is 3.51. The number of nitrogens with zero attached hydrogens (tertiary/aromatic N) is 2. The molecule has 1 atom stereocenters. The molecule has 2 aromatic rings. The summed E-state index contributed by atoms with van der Waals surface area (Å²) in [6.07, 6.45) is 14.8. The van der Waals surface area contributed by atoms with Crippen LogP contribution in [0.4, 0.5) is 0 Å². The maximum absolute atomic E-state index is 13.7. The van der Waals surface area contributed by atoms with E-state index in [1.807, 2.05) is 24.3 Å². The van der Waals surface area contributed by atoms with E-state index in [9.17, 15) is 4.79 Å². The smallest absolute Gasteiger partial charge is 0.230 e. The molecule has 1 aromatic heterocycles. The summed E-state index contributed by atoms with van der Waals surface area (Å²) in [6, 6.07) is 7.91. The molecule has 5 heteroatoms. The average Bonchev–Trinajstić information content (AvgIpc) is 3.45. The van der Waals surface area contributed by atoms with Crippen LogP contribution < -0.4 is 5.73 Å². The summed E-state index contributed by atoms with van der Waals surface area (Å²) >= 11 is 6.20. The Kier molecular flexibility index (Phi) is 5.85. The molecule has 1 aromatic carbocycles. The second kappa shape index (κ2) is 8.61. The zero-order valence-electron chi connectivity index (χ0n) is 18.4. The van der Waals surface area contributed by atoms with Gasteiger partial charge in [-0.05, 0) is 93.0 Å². The highest BCUT2D eigenvalue weighted by molar-refractivity contribution is 6.30. The first-order valence-electron chi connectivity index (χ1n) is 12.3. The van der Waals surface area contributed by atoms with Crippen molar-refractivity contribution in [3.8, 4) is 5.69 Å². The summed E-state index contributed by atoms with van der Waals surface area (Å²) in [7, 11) is 0. The zero-order valence-corrected chi connectivity index (χ0v) is 19.2. The molecule has 0 aliphatic heterocycles. The number of amides is 1. The second-order valence-electron chi connectivity index (χ2n) is 9.92. The molecule has 2 saturated carbocycles. The number of hydrogen-bond donors (Lipinski definition) is 1. The van der Waals surface area contributed by atoms with Crippen LogP contribution in [0.3, 0.4) is 0 Å². The highest BCUT2D eigenvalue weighted by Crippen LogP contribution is 2.53. The summed E-state index contributed by atoms with van der Waals surface area (Å²) < 4.78 is 2.10. The molecule has 0 bridgehead atoms. The van der Waals surface area contributed by atoms with Crippen LogP contribution in [0.5, 0.6) is 0 Å². The van der Waals surface area contributed by atoms with Gasteiger partial charge in [-0.15, -0.1) is 0 Å². The molecule has 1 amide bonds. The standard InChI is InChI=1S/C26H34ClN3O/c27-20-14-16-21(17-15-20)30-24(22-12-6-7-13-23(22)29-30)26(25(28)31,19-10-4-5-11-19)18-8-2-1-3-9-18/h14-19H,1-13H2,(H2,28,31).